The molecule has 3 heteroatoms. The van der Waals surface area contributed by atoms with Gasteiger partial charge in [-0.25, -0.2) is 0 Å². The van der Waals surface area contributed by atoms with Gasteiger partial charge in [0.05, 0.1) is 6.54 Å². The summed E-state index contributed by atoms with van der Waals surface area (Å²) in [4.78, 5) is 20.4. The van der Waals surface area contributed by atoms with Crippen LogP contribution in [0, 0.1) is 0 Å². The molecule has 0 heterocycles. The predicted molar refractivity (Wildman–Crippen MR) is 38.5 cm³/mol. The summed E-state index contributed by atoms with van der Waals surface area (Å²) in [6.45, 7) is 3.57. The van der Waals surface area contributed by atoms with Crippen molar-refractivity contribution in [2.45, 2.75) is 12.8 Å². The quantitative estimate of drug-likeness (QED) is 0.441. The van der Waals surface area contributed by atoms with Crippen LogP contribution in [0.25, 0.3) is 0 Å². The van der Waals surface area contributed by atoms with Crippen LogP contribution in [0.2, 0.25) is 0 Å². The molecule has 0 radical (unpaired) electrons. The molecule has 1 N–H and O–H groups in total. The summed E-state index contributed by atoms with van der Waals surface area (Å²) in [5.41, 5.74) is 0. The Kier molecular flexibility index (Phi) is 5.33. The number of amides is 1. The molecule has 0 aliphatic carbocycles. The van der Waals surface area contributed by atoms with Gasteiger partial charge in [0.25, 0.3) is 0 Å². The molecule has 0 aromatic carbocycles. The van der Waals surface area contributed by atoms with Gasteiger partial charge in [-0.05, 0) is 6.42 Å². The molecule has 0 saturated heterocycles. The fourth-order valence-corrected chi connectivity index (χ4v) is 0.477. The first-order valence-corrected chi connectivity index (χ1v) is 3.12. The number of aldehydes is 1. The fourth-order valence-electron chi connectivity index (χ4n) is 0.477. The maximum absolute atomic E-state index is 10.6. The molecule has 0 aromatic rings. The maximum Gasteiger partial charge on any atom is 0.220 e. The smallest absolute Gasteiger partial charge is 0.220 e. The Morgan fingerprint density at radius 2 is 2.30 bits per heavy atom. The van der Waals surface area contributed by atoms with Crippen LogP contribution in [0.4, 0.5) is 0 Å². The van der Waals surface area contributed by atoms with E-state index in [1.165, 1.54) is 0 Å². The zero-order valence-corrected chi connectivity index (χ0v) is 5.80. The van der Waals surface area contributed by atoms with Crippen molar-refractivity contribution in [1.29, 1.82) is 0 Å². The summed E-state index contributed by atoms with van der Waals surface area (Å²) < 4.78 is 0. The zero-order chi connectivity index (χ0) is 7.82. The summed E-state index contributed by atoms with van der Waals surface area (Å²) in [7, 11) is 0. The molecule has 0 atom stereocenters. The Hall–Kier alpha value is -1.12. The highest BCUT2D eigenvalue weighted by Crippen LogP contribution is 1.87. The second-order valence-corrected chi connectivity index (χ2v) is 1.80. The standard InChI is InChI=1S/C7H11NO2/c1-2-3-4-7(10)8-5-6-9/h2,6H,1,3-5H2,(H,8,10). The first kappa shape index (κ1) is 8.88. The first-order valence-electron chi connectivity index (χ1n) is 3.12. The lowest BCUT2D eigenvalue weighted by Gasteiger charge is -1.96. The summed E-state index contributed by atoms with van der Waals surface area (Å²) in [6, 6.07) is 0. The lowest BCUT2D eigenvalue weighted by molar-refractivity contribution is -0.122. The summed E-state index contributed by atoms with van der Waals surface area (Å²) in [6.07, 6.45) is 3.40. The SMILES string of the molecule is C=CCCC(=O)NCC=O. The second-order valence-electron chi connectivity index (χ2n) is 1.80. The minimum Gasteiger partial charge on any atom is -0.349 e. The van der Waals surface area contributed by atoms with Gasteiger partial charge in [0.15, 0.2) is 0 Å². The number of allylic oxidation sites excluding steroid dienone is 1. The van der Waals surface area contributed by atoms with Crippen molar-refractivity contribution < 1.29 is 9.59 Å². The van der Waals surface area contributed by atoms with Crippen LogP contribution in [0.5, 0.6) is 0 Å². The van der Waals surface area contributed by atoms with Gasteiger partial charge in [0.2, 0.25) is 5.91 Å². The number of rotatable bonds is 5. The maximum atomic E-state index is 10.6. The molecule has 0 aliphatic rings. The Morgan fingerprint density at radius 1 is 1.60 bits per heavy atom. The molecule has 0 aromatic heterocycles. The summed E-state index contributed by atoms with van der Waals surface area (Å²) in [5.74, 6) is -0.105. The summed E-state index contributed by atoms with van der Waals surface area (Å²) in [5, 5.41) is 2.41. The van der Waals surface area contributed by atoms with Gasteiger partial charge in [-0.1, -0.05) is 6.08 Å². The largest absolute Gasteiger partial charge is 0.349 e. The third-order valence-electron chi connectivity index (χ3n) is 0.958. The third kappa shape index (κ3) is 5.03. The molecule has 0 rings (SSSR count). The van der Waals surface area contributed by atoms with E-state index in [0.29, 0.717) is 19.1 Å². The van der Waals surface area contributed by atoms with E-state index < -0.39 is 0 Å². The number of carbonyl (C=O) groups excluding carboxylic acids is 2. The van der Waals surface area contributed by atoms with Crippen molar-refractivity contribution in [2.75, 3.05) is 6.54 Å². The molecule has 0 unspecified atom stereocenters. The first-order chi connectivity index (χ1) is 4.81. The van der Waals surface area contributed by atoms with Crippen molar-refractivity contribution >= 4 is 12.2 Å². The van der Waals surface area contributed by atoms with Gasteiger partial charge in [-0.2, -0.15) is 0 Å². The van der Waals surface area contributed by atoms with Crippen LogP contribution in [-0.2, 0) is 9.59 Å². The lowest BCUT2D eigenvalue weighted by Crippen LogP contribution is -2.24. The Morgan fingerprint density at radius 3 is 2.80 bits per heavy atom. The molecule has 0 spiro atoms. The molecule has 0 bridgehead atoms. The number of hydrogen-bond donors (Lipinski definition) is 1. The highest BCUT2D eigenvalue weighted by molar-refractivity contribution is 5.78. The molecule has 3 nitrogen and oxygen atoms in total. The van der Waals surface area contributed by atoms with Crippen molar-refractivity contribution in [1.82, 2.24) is 5.32 Å². The van der Waals surface area contributed by atoms with Crippen molar-refractivity contribution in [3.63, 3.8) is 0 Å². The minimum absolute atomic E-state index is 0.105. The van der Waals surface area contributed by atoms with E-state index in [0.717, 1.165) is 0 Å². The van der Waals surface area contributed by atoms with Crippen LogP contribution < -0.4 is 5.32 Å². The van der Waals surface area contributed by atoms with Crippen molar-refractivity contribution in [3.8, 4) is 0 Å². The van der Waals surface area contributed by atoms with E-state index in [2.05, 4.69) is 11.9 Å². The average molecular weight is 141 g/mol. The van der Waals surface area contributed by atoms with Crippen molar-refractivity contribution in [2.24, 2.45) is 0 Å². The molecular formula is C7H11NO2. The van der Waals surface area contributed by atoms with E-state index in [-0.39, 0.29) is 12.5 Å². The monoisotopic (exact) mass is 141 g/mol. The van der Waals surface area contributed by atoms with Crippen LogP contribution in [0.15, 0.2) is 12.7 Å². The van der Waals surface area contributed by atoms with Crippen LogP contribution >= 0.6 is 0 Å². The van der Waals surface area contributed by atoms with E-state index in [4.69, 9.17) is 0 Å². The van der Waals surface area contributed by atoms with Crippen LogP contribution in [0.3, 0.4) is 0 Å². The predicted octanol–water partition coefficient (Wildman–Crippen LogP) is 0.268. The number of carbonyl (C=O) groups is 2. The minimum atomic E-state index is -0.105. The Labute approximate surface area is 60.1 Å². The van der Waals surface area contributed by atoms with E-state index in [1.54, 1.807) is 6.08 Å². The van der Waals surface area contributed by atoms with Gasteiger partial charge in [0, 0.05) is 6.42 Å². The van der Waals surface area contributed by atoms with E-state index in [9.17, 15) is 9.59 Å². The molecule has 0 saturated carbocycles. The lowest BCUT2D eigenvalue weighted by atomic mass is 10.3. The molecule has 0 aliphatic heterocycles. The molecule has 56 valence electrons. The van der Waals surface area contributed by atoms with Gasteiger partial charge < -0.3 is 10.1 Å². The van der Waals surface area contributed by atoms with Gasteiger partial charge >= 0.3 is 0 Å². The van der Waals surface area contributed by atoms with Crippen LogP contribution in [-0.4, -0.2) is 18.7 Å². The van der Waals surface area contributed by atoms with Crippen LogP contribution in [0.1, 0.15) is 12.8 Å². The normalized spacial score (nSPS) is 8.40. The molecular weight excluding hydrogens is 130 g/mol. The highest BCUT2D eigenvalue weighted by Gasteiger charge is 1.95. The fraction of sp³-hybridized carbons (Fsp3) is 0.429. The number of nitrogens with one attached hydrogen (secondary N) is 1. The molecule has 1 amide bonds. The number of hydrogen-bond acceptors (Lipinski definition) is 2. The van der Waals surface area contributed by atoms with Crippen molar-refractivity contribution in [3.05, 3.63) is 12.7 Å². The molecule has 0 fully saturated rings. The average Bonchev–Trinajstić information content (AvgIpc) is 1.97. The van der Waals surface area contributed by atoms with Gasteiger partial charge in [-0.15, -0.1) is 6.58 Å². The van der Waals surface area contributed by atoms with E-state index >= 15 is 0 Å². The summed E-state index contributed by atoms with van der Waals surface area (Å²) >= 11 is 0. The second kappa shape index (κ2) is 6.01. The van der Waals surface area contributed by atoms with Gasteiger partial charge in [0.1, 0.15) is 6.29 Å². The molecule has 10 heavy (non-hydrogen) atoms. The topological polar surface area (TPSA) is 46.2 Å². The Balaban J connectivity index is 3.24. The van der Waals surface area contributed by atoms with Gasteiger partial charge in [-0.3, -0.25) is 4.79 Å². The third-order valence-corrected chi connectivity index (χ3v) is 0.958. The Bertz CT molecular complexity index is 118. The zero-order valence-electron chi connectivity index (χ0n) is 5.80. The van der Waals surface area contributed by atoms with E-state index in [1.807, 2.05) is 0 Å². The highest BCUT2D eigenvalue weighted by atomic mass is 16.2.